The highest BCUT2D eigenvalue weighted by Crippen LogP contribution is 2.43. The fourth-order valence-electron chi connectivity index (χ4n) is 3.09. The Morgan fingerprint density at radius 1 is 1.25 bits per heavy atom. The van der Waals surface area contributed by atoms with Crippen LogP contribution in [0, 0.1) is 5.41 Å². The summed E-state index contributed by atoms with van der Waals surface area (Å²) in [6, 6.07) is 0. The molecule has 94 valence electrons. The van der Waals surface area contributed by atoms with Gasteiger partial charge in [-0.2, -0.15) is 0 Å². The highest BCUT2D eigenvalue weighted by atomic mass is 79.9. The summed E-state index contributed by atoms with van der Waals surface area (Å²) in [6.07, 6.45) is 6.71. The largest absolute Gasteiger partial charge is 0.377 e. The van der Waals surface area contributed by atoms with Crippen molar-refractivity contribution >= 4 is 15.9 Å². The van der Waals surface area contributed by atoms with Gasteiger partial charge in [0.1, 0.15) is 0 Å². The average molecular weight is 290 g/mol. The third kappa shape index (κ3) is 2.62. The second-order valence-electron chi connectivity index (χ2n) is 5.96. The number of ether oxygens (including phenoxy) is 1. The van der Waals surface area contributed by atoms with Crippen molar-refractivity contribution in [1.82, 2.24) is 4.90 Å². The van der Waals surface area contributed by atoms with Crippen LogP contribution in [0.25, 0.3) is 0 Å². The monoisotopic (exact) mass is 289 g/mol. The molecule has 0 N–H and O–H groups in total. The van der Waals surface area contributed by atoms with Gasteiger partial charge >= 0.3 is 0 Å². The zero-order valence-corrected chi connectivity index (χ0v) is 12.2. The Labute approximate surface area is 108 Å². The normalized spacial score (nSPS) is 34.7. The van der Waals surface area contributed by atoms with Crippen molar-refractivity contribution in [3.8, 4) is 0 Å². The van der Waals surface area contributed by atoms with Crippen molar-refractivity contribution in [1.29, 1.82) is 0 Å². The molecule has 1 unspecified atom stereocenters. The minimum absolute atomic E-state index is 0.0928. The zero-order valence-electron chi connectivity index (χ0n) is 10.6. The van der Waals surface area contributed by atoms with E-state index < -0.39 is 0 Å². The summed E-state index contributed by atoms with van der Waals surface area (Å²) in [6.45, 7) is 5.88. The lowest BCUT2D eigenvalue weighted by Gasteiger charge is -2.47. The lowest BCUT2D eigenvalue weighted by molar-refractivity contribution is -0.0635. The summed E-state index contributed by atoms with van der Waals surface area (Å²) in [5, 5.41) is 1.17. The van der Waals surface area contributed by atoms with Gasteiger partial charge < -0.3 is 4.74 Å². The van der Waals surface area contributed by atoms with Crippen LogP contribution in [0.4, 0.5) is 0 Å². The number of hydrogen-bond acceptors (Lipinski definition) is 2. The molecule has 0 bridgehead atoms. The van der Waals surface area contributed by atoms with E-state index >= 15 is 0 Å². The van der Waals surface area contributed by atoms with Crippen molar-refractivity contribution in [2.45, 2.75) is 44.6 Å². The maximum absolute atomic E-state index is 5.66. The molecule has 1 atom stereocenters. The van der Waals surface area contributed by atoms with Gasteiger partial charge in [0.05, 0.1) is 5.60 Å². The van der Waals surface area contributed by atoms with Crippen molar-refractivity contribution in [2.75, 3.05) is 32.1 Å². The number of nitrogens with zero attached hydrogens (tertiary/aromatic N) is 1. The van der Waals surface area contributed by atoms with Crippen LogP contribution in [0.2, 0.25) is 0 Å². The van der Waals surface area contributed by atoms with Gasteiger partial charge in [0.2, 0.25) is 0 Å². The summed E-state index contributed by atoms with van der Waals surface area (Å²) < 4.78 is 5.66. The maximum atomic E-state index is 5.66. The van der Waals surface area contributed by atoms with Gasteiger partial charge in [0, 0.05) is 25.5 Å². The van der Waals surface area contributed by atoms with Crippen molar-refractivity contribution in [2.24, 2.45) is 5.41 Å². The molecule has 2 fully saturated rings. The number of halogens is 1. The number of hydrogen-bond donors (Lipinski definition) is 0. The van der Waals surface area contributed by atoms with Gasteiger partial charge in [-0.3, -0.25) is 4.90 Å². The first-order valence-corrected chi connectivity index (χ1v) is 7.57. The molecule has 0 aromatic heterocycles. The Morgan fingerprint density at radius 2 is 2.00 bits per heavy atom. The molecule has 0 spiro atoms. The van der Waals surface area contributed by atoms with Crippen LogP contribution in [-0.2, 0) is 4.74 Å². The summed E-state index contributed by atoms with van der Waals surface area (Å²) in [5.41, 5.74) is 0.668. The molecule has 1 saturated heterocycles. The zero-order chi connectivity index (χ0) is 11.6. The first kappa shape index (κ1) is 12.8. The molecular weight excluding hydrogens is 266 g/mol. The van der Waals surface area contributed by atoms with Gasteiger partial charge in [-0.1, -0.05) is 22.4 Å². The second-order valence-corrected chi connectivity index (χ2v) is 6.52. The van der Waals surface area contributed by atoms with E-state index in [2.05, 4.69) is 27.8 Å². The molecule has 0 radical (unpaired) electrons. The Hall–Kier alpha value is 0.400. The molecule has 1 heterocycles. The summed E-state index contributed by atoms with van der Waals surface area (Å²) in [5.74, 6) is 0. The summed E-state index contributed by atoms with van der Waals surface area (Å²) in [7, 11) is 1.85. The van der Waals surface area contributed by atoms with E-state index in [0.717, 1.165) is 6.54 Å². The summed E-state index contributed by atoms with van der Waals surface area (Å²) in [4.78, 5) is 2.62. The van der Waals surface area contributed by atoms with Gasteiger partial charge in [-0.25, -0.2) is 0 Å². The fraction of sp³-hybridized carbons (Fsp3) is 1.00. The maximum Gasteiger partial charge on any atom is 0.0777 e. The molecule has 2 nitrogen and oxygen atoms in total. The molecular formula is C13H24BrNO. The van der Waals surface area contributed by atoms with E-state index in [0.29, 0.717) is 5.41 Å². The molecule has 1 saturated carbocycles. The third-order valence-electron chi connectivity index (χ3n) is 4.49. The highest BCUT2D eigenvalue weighted by molar-refractivity contribution is 9.09. The SMILES string of the molecule is COC1(C)CCCN(CC2(CBr)CCC2)C1. The highest BCUT2D eigenvalue weighted by Gasteiger charge is 2.40. The summed E-state index contributed by atoms with van der Waals surface area (Å²) >= 11 is 3.70. The van der Waals surface area contributed by atoms with Crippen LogP contribution in [-0.4, -0.2) is 42.6 Å². The Balaban J connectivity index is 1.90. The molecule has 0 aromatic rings. The minimum atomic E-state index is 0.0928. The molecule has 0 aromatic carbocycles. The molecule has 2 rings (SSSR count). The first-order chi connectivity index (χ1) is 7.61. The molecule has 3 heteroatoms. The number of alkyl halides is 1. The van der Waals surface area contributed by atoms with E-state index in [1.165, 1.54) is 50.5 Å². The van der Waals surface area contributed by atoms with Crippen LogP contribution in [0.1, 0.15) is 39.0 Å². The standard InChI is InChI=1S/C13H24BrNO/c1-12(16-2)5-4-8-15(10-12)11-13(9-14)6-3-7-13/h3-11H2,1-2H3. The van der Waals surface area contributed by atoms with Crippen molar-refractivity contribution in [3.63, 3.8) is 0 Å². The van der Waals surface area contributed by atoms with Gasteiger partial charge in [-0.15, -0.1) is 0 Å². The van der Waals surface area contributed by atoms with Crippen LogP contribution < -0.4 is 0 Å². The quantitative estimate of drug-likeness (QED) is 0.738. The Bertz CT molecular complexity index is 237. The van der Waals surface area contributed by atoms with Gasteiger partial charge in [0.25, 0.3) is 0 Å². The molecule has 1 aliphatic heterocycles. The van der Waals surface area contributed by atoms with Crippen LogP contribution in [0.3, 0.4) is 0 Å². The smallest absolute Gasteiger partial charge is 0.0777 e. The van der Waals surface area contributed by atoms with E-state index in [-0.39, 0.29) is 5.60 Å². The van der Waals surface area contributed by atoms with Crippen LogP contribution >= 0.6 is 15.9 Å². The van der Waals surface area contributed by atoms with Gasteiger partial charge in [0.15, 0.2) is 0 Å². The lowest BCUT2D eigenvalue weighted by Crippen LogP contribution is -2.52. The second kappa shape index (κ2) is 4.95. The third-order valence-corrected chi connectivity index (χ3v) is 5.68. The molecule has 16 heavy (non-hydrogen) atoms. The predicted octanol–water partition coefficient (Wildman–Crippen LogP) is 3.05. The fourth-order valence-corrected chi connectivity index (χ4v) is 3.83. The lowest BCUT2D eigenvalue weighted by atomic mass is 9.70. The molecule has 2 aliphatic rings. The number of piperidine rings is 1. The topological polar surface area (TPSA) is 12.5 Å². The van der Waals surface area contributed by atoms with Crippen LogP contribution in [0.5, 0.6) is 0 Å². The molecule has 0 amide bonds. The van der Waals surface area contributed by atoms with E-state index in [9.17, 15) is 0 Å². The first-order valence-electron chi connectivity index (χ1n) is 6.45. The van der Waals surface area contributed by atoms with E-state index in [4.69, 9.17) is 4.74 Å². The predicted molar refractivity (Wildman–Crippen MR) is 71.2 cm³/mol. The van der Waals surface area contributed by atoms with E-state index in [1.807, 2.05) is 7.11 Å². The van der Waals surface area contributed by atoms with E-state index in [1.54, 1.807) is 0 Å². The van der Waals surface area contributed by atoms with Crippen molar-refractivity contribution < 1.29 is 4.74 Å². The minimum Gasteiger partial charge on any atom is -0.377 e. The Morgan fingerprint density at radius 3 is 2.50 bits per heavy atom. The average Bonchev–Trinajstić information content (AvgIpc) is 2.24. The number of methoxy groups -OCH3 is 1. The molecule has 1 aliphatic carbocycles. The Kier molecular flexibility index (Phi) is 3.97. The number of likely N-dealkylation sites (tertiary alicyclic amines) is 1. The van der Waals surface area contributed by atoms with Gasteiger partial charge in [-0.05, 0) is 44.6 Å². The van der Waals surface area contributed by atoms with Crippen molar-refractivity contribution in [3.05, 3.63) is 0 Å². The number of rotatable bonds is 4. The van der Waals surface area contributed by atoms with Crippen LogP contribution in [0.15, 0.2) is 0 Å².